The molecule has 5 nitrogen and oxygen atoms in total. The van der Waals surface area contributed by atoms with E-state index in [4.69, 9.17) is 28.5 Å². The third-order valence-corrected chi connectivity index (χ3v) is 5.01. The largest absolute Gasteiger partial charge is 0.357 e. The average Bonchev–Trinajstić information content (AvgIpc) is 3.22. The van der Waals surface area contributed by atoms with E-state index < -0.39 is 0 Å². The Morgan fingerprint density at radius 3 is 2.80 bits per heavy atom. The van der Waals surface area contributed by atoms with Crippen LogP contribution in [0, 0.1) is 11.3 Å². The number of benzene rings is 1. The van der Waals surface area contributed by atoms with Crippen molar-refractivity contribution in [2.45, 2.75) is 32.6 Å². The van der Waals surface area contributed by atoms with Gasteiger partial charge in [0.15, 0.2) is 11.6 Å². The third-order valence-electron chi connectivity index (χ3n) is 4.20. The number of hydrogen-bond donors (Lipinski definition) is 2. The minimum Gasteiger partial charge on any atom is -0.357 e. The van der Waals surface area contributed by atoms with Crippen molar-refractivity contribution in [3.05, 3.63) is 51.2 Å². The number of hydrogen-bond acceptors (Lipinski definition) is 3. The van der Waals surface area contributed by atoms with Gasteiger partial charge in [0.2, 0.25) is 0 Å². The van der Waals surface area contributed by atoms with Crippen molar-refractivity contribution in [3.63, 3.8) is 0 Å². The summed E-state index contributed by atoms with van der Waals surface area (Å²) in [5.41, 5.74) is 3.41. The Bertz CT molecular complexity index is 981. The molecule has 25 heavy (non-hydrogen) atoms. The summed E-state index contributed by atoms with van der Waals surface area (Å²) < 4.78 is 0. The van der Waals surface area contributed by atoms with Crippen LogP contribution in [0.15, 0.2) is 18.3 Å². The van der Waals surface area contributed by atoms with E-state index in [1.807, 2.05) is 12.1 Å². The topological polar surface area (TPSA) is 85.3 Å². The fourth-order valence-corrected chi connectivity index (χ4v) is 3.36. The number of rotatable bonds is 6. The van der Waals surface area contributed by atoms with E-state index in [0.717, 1.165) is 29.4 Å². The number of Topliss-reactive ketones (excluding diaryl/α,β-unsaturated/α-hetero) is 1. The molecule has 0 amide bonds. The van der Waals surface area contributed by atoms with Crippen LogP contribution in [0.5, 0.6) is 0 Å². The second kappa shape index (κ2) is 7.30. The highest BCUT2D eigenvalue weighted by atomic mass is 35.5. The Kier molecular flexibility index (Phi) is 5.12. The molecule has 0 radical (unpaired) electrons. The van der Waals surface area contributed by atoms with Gasteiger partial charge in [-0.1, -0.05) is 36.2 Å². The van der Waals surface area contributed by atoms with Gasteiger partial charge in [-0.2, -0.15) is 5.26 Å². The SMILES string of the molecule is CCc1c(CCCC(=O)c2ncc(C#N)[nH]2)[nH]c2c(Cl)c(Cl)ccc12. The van der Waals surface area contributed by atoms with E-state index in [9.17, 15) is 4.79 Å². The number of ketones is 1. The van der Waals surface area contributed by atoms with Gasteiger partial charge in [0.25, 0.3) is 0 Å². The minimum atomic E-state index is -0.100. The molecule has 1 aromatic carbocycles. The van der Waals surface area contributed by atoms with Crippen LogP contribution in [0.4, 0.5) is 0 Å². The summed E-state index contributed by atoms with van der Waals surface area (Å²) >= 11 is 12.4. The number of H-pyrrole nitrogens is 2. The lowest BCUT2D eigenvalue weighted by Crippen LogP contribution is -2.03. The summed E-state index contributed by atoms with van der Waals surface area (Å²) in [5.74, 6) is 0.135. The van der Waals surface area contributed by atoms with E-state index in [0.29, 0.717) is 28.6 Å². The summed E-state index contributed by atoms with van der Waals surface area (Å²) in [6.45, 7) is 2.09. The number of nitrogens with zero attached hydrogens (tertiary/aromatic N) is 2. The first-order valence-corrected chi connectivity index (χ1v) is 8.76. The Balaban J connectivity index is 1.74. The van der Waals surface area contributed by atoms with E-state index >= 15 is 0 Å². The van der Waals surface area contributed by atoms with Gasteiger partial charge >= 0.3 is 0 Å². The van der Waals surface area contributed by atoms with Crippen molar-refractivity contribution >= 4 is 39.9 Å². The first kappa shape index (κ1) is 17.5. The van der Waals surface area contributed by atoms with Crippen LogP contribution in [0.3, 0.4) is 0 Å². The molecule has 0 aliphatic carbocycles. The molecule has 3 aromatic rings. The van der Waals surface area contributed by atoms with Crippen molar-refractivity contribution in [2.24, 2.45) is 0 Å². The highest BCUT2D eigenvalue weighted by Crippen LogP contribution is 2.34. The molecular weight excluding hydrogens is 359 g/mol. The summed E-state index contributed by atoms with van der Waals surface area (Å²) in [5, 5.41) is 10.9. The van der Waals surface area contributed by atoms with E-state index in [2.05, 4.69) is 21.9 Å². The molecule has 0 spiro atoms. The fraction of sp³-hybridized carbons (Fsp3) is 0.278. The molecule has 0 aliphatic rings. The van der Waals surface area contributed by atoms with Gasteiger partial charge < -0.3 is 9.97 Å². The molecule has 0 bridgehead atoms. The Hall–Kier alpha value is -2.29. The van der Waals surface area contributed by atoms with Crippen molar-refractivity contribution in [2.75, 3.05) is 0 Å². The van der Waals surface area contributed by atoms with Crippen LogP contribution in [0.1, 0.15) is 47.3 Å². The van der Waals surface area contributed by atoms with Crippen LogP contribution in [-0.4, -0.2) is 20.7 Å². The van der Waals surface area contributed by atoms with Crippen LogP contribution < -0.4 is 0 Å². The standard InChI is InChI=1S/C18H16Cl2N4O/c1-2-11-12-6-7-13(19)16(20)17(12)24-14(11)4-3-5-15(25)18-22-9-10(8-21)23-18/h6-7,9,24H,2-5H2,1H3,(H,22,23). The van der Waals surface area contributed by atoms with Crippen molar-refractivity contribution in [1.29, 1.82) is 5.26 Å². The zero-order chi connectivity index (χ0) is 18.0. The van der Waals surface area contributed by atoms with Gasteiger partial charge in [-0.05, 0) is 30.9 Å². The Morgan fingerprint density at radius 2 is 2.12 bits per heavy atom. The average molecular weight is 375 g/mol. The van der Waals surface area contributed by atoms with E-state index in [1.165, 1.54) is 11.8 Å². The number of carbonyl (C=O) groups is 1. The van der Waals surface area contributed by atoms with Crippen LogP contribution in [0.25, 0.3) is 10.9 Å². The molecule has 0 unspecified atom stereocenters. The Labute approximate surface area is 155 Å². The number of aromatic amines is 2. The second-order valence-electron chi connectivity index (χ2n) is 5.75. The number of fused-ring (bicyclic) bond motifs is 1. The minimum absolute atomic E-state index is 0.100. The van der Waals surface area contributed by atoms with Crippen molar-refractivity contribution < 1.29 is 4.79 Å². The molecular formula is C18H16Cl2N4O. The van der Waals surface area contributed by atoms with E-state index in [1.54, 1.807) is 6.07 Å². The second-order valence-corrected chi connectivity index (χ2v) is 6.54. The molecule has 2 aromatic heterocycles. The van der Waals surface area contributed by atoms with E-state index in [-0.39, 0.29) is 11.6 Å². The number of nitrogens with one attached hydrogen (secondary N) is 2. The maximum atomic E-state index is 12.1. The van der Waals surface area contributed by atoms with Crippen LogP contribution >= 0.6 is 23.2 Å². The normalized spacial score (nSPS) is 11.0. The summed E-state index contributed by atoms with van der Waals surface area (Å²) in [7, 11) is 0. The highest BCUT2D eigenvalue weighted by molar-refractivity contribution is 6.45. The molecule has 2 N–H and O–H groups in total. The maximum absolute atomic E-state index is 12.1. The van der Waals surface area contributed by atoms with Crippen LogP contribution in [-0.2, 0) is 12.8 Å². The van der Waals surface area contributed by atoms with Gasteiger partial charge in [0.1, 0.15) is 11.8 Å². The molecule has 0 saturated heterocycles. The maximum Gasteiger partial charge on any atom is 0.198 e. The zero-order valence-corrected chi connectivity index (χ0v) is 15.1. The molecule has 0 atom stereocenters. The summed E-state index contributed by atoms with van der Waals surface area (Å²) in [6.07, 6.45) is 3.98. The number of aryl methyl sites for hydroxylation is 2. The van der Waals surface area contributed by atoms with Gasteiger partial charge in [-0.15, -0.1) is 0 Å². The Morgan fingerprint density at radius 1 is 1.32 bits per heavy atom. The molecule has 3 rings (SSSR count). The van der Waals surface area contributed by atoms with Gasteiger partial charge in [-0.25, -0.2) is 4.98 Å². The quantitative estimate of drug-likeness (QED) is 0.605. The smallest absolute Gasteiger partial charge is 0.198 e. The molecule has 128 valence electrons. The zero-order valence-electron chi connectivity index (χ0n) is 13.6. The molecule has 2 heterocycles. The van der Waals surface area contributed by atoms with Crippen molar-refractivity contribution in [1.82, 2.24) is 15.0 Å². The summed E-state index contributed by atoms with van der Waals surface area (Å²) in [4.78, 5) is 22.1. The lowest BCUT2D eigenvalue weighted by molar-refractivity contribution is 0.0971. The van der Waals surface area contributed by atoms with Crippen molar-refractivity contribution in [3.8, 4) is 6.07 Å². The number of halogens is 2. The number of carbonyl (C=O) groups excluding carboxylic acids is 1. The van der Waals surface area contributed by atoms with Crippen LogP contribution in [0.2, 0.25) is 10.0 Å². The van der Waals surface area contributed by atoms with Gasteiger partial charge in [0, 0.05) is 17.5 Å². The predicted octanol–water partition coefficient (Wildman–Crippen LogP) is 4.84. The molecule has 0 aliphatic heterocycles. The predicted molar refractivity (Wildman–Crippen MR) is 98.3 cm³/mol. The summed E-state index contributed by atoms with van der Waals surface area (Å²) in [6, 6.07) is 5.70. The van der Waals surface area contributed by atoms with Gasteiger partial charge in [-0.3, -0.25) is 4.79 Å². The first-order valence-electron chi connectivity index (χ1n) is 8.00. The lowest BCUT2D eigenvalue weighted by Gasteiger charge is -2.02. The number of aromatic nitrogens is 3. The highest BCUT2D eigenvalue weighted by Gasteiger charge is 2.15. The molecule has 7 heteroatoms. The number of nitriles is 1. The third kappa shape index (κ3) is 3.41. The monoisotopic (exact) mass is 374 g/mol. The fourth-order valence-electron chi connectivity index (χ4n) is 2.99. The first-order chi connectivity index (χ1) is 12.0. The molecule has 0 saturated carbocycles. The van der Waals surface area contributed by atoms with Gasteiger partial charge in [0.05, 0.1) is 21.8 Å². The number of imidazole rings is 1. The lowest BCUT2D eigenvalue weighted by atomic mass is 10.0. The molecule has 0 fully saturated rings.